The third-order valence-corrected chi connectivity index (χ3v) is 4.47. The largest absolute Gasteiger partial charge is 0.475 e. The van der Waals surface area contributed by atoms with E-state index in [1.165, 1.54) is 11.4 Å². The summed E-state index contributed by atoms with van der Waals surface area (Å²) < 4.78 is 53.6. The molecule has 1 unspecified atom stereocenters. The second-order valence-corrected chi connectivity index (χ2v) is 6.40. The molecule has 0 aliphatic carbocycles. The number of rotatable bonds is 6. The maximum Gasteiger partial charge on any atom is 0.420 e. The second-order valence-electron chi connectivity index (χ2n) is 5.53. The van der Waals surface area contributed by atoms with E-state index in [1.807, 2.05) is 0 Å². The van der Waals surface area contributed by atoms with Crippen molar-refractivity contribution in [1.29, 1.82) is 0 Å². The molecule has 1 atom stereocenters. The van der Waals surface area contributed by atoms with Gasteiger partial charge in [0.1, 0.15) is 12.2 Å². The van der Waals surface area contributed by atoms with Crippen molar-refractivity contribution in [2.24, 2.45) is 5.92 Å². The van der Waals surface area contributed by atoms with Crippen LogP contribution in [0.3, 0.4) is 0 Å². The van der Waals surface area contributed by atoms with Crippen molar-refractivity contribution in [2.75, 3.05) is 19.8 Å². The number of carbonyl (C=O) groups is 1. The Morgan fingerprint density at radius 2 is 2.32 bits per heavy atom. The van der Waals surface area contributed by atoms with Crippen LogP contribution in [0.2, 0.25) is 0 Å². The normalized spacial score (nSPS) is 17.6. The lowest BCUT2D eigenvalue weighted by molar-refractivity contribution is -0.138. The zero-order chi connectivity index (χ0) is 17.9. The number of nitrogens with zero attached hydrogens (tertiary/aromatic N) is 1. The van der Waals surface area contributed by atoms with Gasteiger partial charge in [-0.25, -0.2) is 0 Å². The molecular formula is C15H15F3N2O4S. The van der Waals surface area contributed by atoms with Crippen LogP contribution in [0.15, 0.2) is 22.0 Å². The zero-order valence-electron chi connectivity index (χ0n) is 13.0. The molecule has 0 radical (unpaired) electrons. The molecule has 6 nitrogen and oxygen atoms in total. The lowest BCUT2D eigenvalue weighted by atomic mass is 10.1. The molecule has 2 aromatic rings. The van der Waals surface area contributed by atoms with Crippen molar-refractivity contribution >= 4 is 17.2 Å². The van der Waals surface area contributed by atoms with Gasteiger partial charge in [-0.1, -0.05) is 5.16 Å². The highest BCUT2D eigenvalue weighted by Gasteiger charge is 2.35. The average molecular weight is 376 g/mol. The van der Waals surface area contributed by atoms with Crippen LogP contribution >= 0.6 is 11.3 Å². The highest BCUT2D eigenvalue weighted by molar-refractivity contribution is 7.12. The predicted octanol–water partition coefficient (Wildman–Crippen LogP) is 3.10. The van der Waals surface area contributed by atoms with Crippen molar-refractivity contribution in [3.8, 4) is 5.06 Å². The molecular weight excluding hydrogens is 361 g/mol. The Labute approximate surface area is 144 Å². The quantitative estimate of drug-likeness (QED) is 0.839. The summed E-state index contributed by atoms with van der Waals surface area (Å²) in [7, 11) is 0. The van der Waals surface area contributed by atoms with Gasteiger partial charge in [0.15, 0.2) is 16.5 Å². The van der Waals surface area contributed by atoms with Crippen LogP contribution in [-0.2, 0) is 17.5 Å². The molecule has 136 valence electrons. The summed E-state index contributed by atoms with van der Waals surface area (Å²) in [4.78, 5) is 12.0. The van der Waals surface area contributed by atoms with Gasteiger partial charge in [-0.2, -0.15) is 13.2 Å². The van der Waals surface area contributed by atoms with Gasteiger partial charge in [-0.15, -0.1) is 11.3 Å². The van der Waals surface area contributed by atoms with Crippen molar-refractivity contribution in [2.45, 2.75) is 19.2 Å². The van der Waals surface area contributed by atoms with E-state index in [9.17, 15) is 18.0 Å². The first-order chi connectivity index (χ1) is 11.9. The van der Waals surface area contributed by atoms with Gasteiger partial charge in [0, 0.05) is 25.1 Å². The number of ether oxygens (including phenoxy) is 2. The Morgan fingerprint density at radius 3 is 3.04 bits per heavy atom. The fourth-order valence-electron chi connectivity index (χ4n) is 2.31. The molecule has 0 bridgehead atoms. The lowest BCUT2D eigenvalue weighted by Crippen LogP contribution is -2.29. The number of hydrogen-bond acceptors (Lipinski definition) is 6. The number of carbonyl (C=O) groups excluding carboxylic acids is 1. The first kappa shape index (κ1) is 17.7. The highest BCUT2D eigenvalue weighted by Crippen LogP contribution is 2.40. The molecule has 1 aliphatic heterocycles. The molecule has 1 amide bonds. The molecule has 25 heavy (non-hydrogen) atoms. The molecule has 2 aromatic heterocycles. The van der Waals surface area contributed by atoms with E-state index in [0.29, 0.717) is 19.8 Å². The maximum atomic E-state index is 12.8. The molecule has 3 heterocycles. The summed E-state index contributed by atoms with van der Waals surface area (Å²) in [5, 5.41) is 7.38. The minimum absolute atomic E-state index is 0.0553. The average Bonchev–Trinajstić information content (AvgIpc) is 3.30. The zero-order valence-corrected chi connectivity index (χ0v) is 13.8. The van der Waals surface area contributed by atoms with Crippen molar-refractivity contribution < 1.29 is 32.0 Å². The fraction of sp³-hybridized carbons (Fsp3) is 0.467. The molecule has 1 saturated heterocycles. The molecule has 0 aromatic carbocycles. The molecule has 3 rings (SSSR count). The van der Waals surface area contributed by atoms with Crippen molar-refractivity contribution in [3.05, 3.63) is 34.5 Å². The molecule has 10 heteroatoms. The second kappa shape index (κ2) is 7.44. The van der Waals surface area contributed by atoms with Crippen LogP contribution in [-0.4, -0.2) is 30.8 Å². The number of halogens is 3. The topological polar surface area (TPSA) is 73.6 Å². The van der Waals surface area contributed by atoms with Gasteiger partial charge in [0.05, 0.1) is 6.61 Å². The Kier molecular flexibility index (Phi) is 5.28. The summed E-state index contributed by atoms with van der Waals surface area (Å²) in [6.07, 6.45) is -3.59. The van der Waals surface area contributed by atoms with Crippen LogP contribution < -0.4 is 10.1 Å². The predicted molar refractivity (Wildman–Crippen MR) is 81.4 cm³/mol. The first-order valence-corrected chi connectivity index (χ1v) is 8.40. The summed E-state index contributed by atoms with van der Waals surface area (Å²) in [5.41, 5.74) is -0.784. The molecule has 0 spiro atoms. The number of nitrogens with one attached hydrogen (secondary N) is 1. The molecule has 0 saturated carbocycles. The van der Waals surface area contributed by atoms with Gasteiger partial charge < -0.3 is 19.3 Å². The summed E-state index contributed by atoms with van der Waals surface area (Å²) >= 11 is 0.836. The first-order valence-electron chi connectivity index (χ1n) is 7.52. The Morgan fingerprint density at radius 1 is 1.48 bits per heavy atom. The van der Waals surface area contributed by atoms with Gasteiger partial charge in [0.25, 0.3) is 5.91 Å². The highest BCUT2D eigenvalue weighted by atomic mass is 32.1. The summed E-state index contributed by atoms with van der Waals surface area (Å²) in [6.45, 7) is 1.52. The van der Waals surface area contributed by atoms with Gasteiger partial charge in [-0.3, -0.25) is 4.79 Å². The number of aromatic nitrogens is 1. The van der Waals surface area contributed by atoms with Crippen molar-refractivity contribution in [3.63, 3.8) is 0 Å². The van der Waals surface area contributed by atoms with Crippen LogP contribution in [0.25, 0.3) is 0 Å². The third-order valence-electron chi connectivity index (χ3n) is 3.65. The van der Waals surface area contributed by atoms with Gasteiger partial charge >= 0.3 is 6.18 Å². The van der Waals surface area contributed by atoms with Crippen LogP contribution in [0.1, 0.15) is 28.2 Å². The summed E-state index contributed by atoms with van der Waals surface area (Å²) in [6, 6.07) is 2.30. The Bertz CT molecular complexity index is 722. The minimum atomic E-state index is -4.48. The third kappa shape index (κ3) is 4.51. The molecule has 1 fully saturated rings. The van der Waals surface area contributed by atoms with E-state index in [1.54, 1.807) is 0 Å². The number of amides is 1. The van der Waals surface area contributed by atoms with Crippen LogP contribution in [0.4, 0.5) is 13.2 Å². The van der Waals surface area contributed by atoms with Gasteiger partial charge in [-0.05, 0) is 17.9 Å². The summed E-state index contributed by atoms with van der Waals surface area (Å²) in [5.74, 6) is 0.0307. The van der Waals surface area contributed by atoms with Crippen LogP contribution in [0.5, 0.6) is 5.06 Å². The van der Waals surface area contributed by atoms with Crippen molar-refractivity contribution in [1.82, 2.24) is 10.5 Å². The number of alkyl halides is 3. The van der Waals surface area contributed by atoms with E-state index in [4.69, 9.17) is 14.0 Å². The number of thiophene rings is 1. The standard InChI is InChI=1S/C15H15F3N2O4S/c16-15(17,18)11-2-4-25-14(11)23-8-10-5-12(20-24-10)13(21)19-6-9-1-3-22-7-9/h2,4-5,9H,1,3,6-8H2,(H,19,21). The van der Waals surface area contributed by atoms with E-state index in [0.717, 1.165) is 23.8 Å². The van der Waals surface area contributed by atoms with E-state index in [2.05, 4.69) is 10.5 Å². The number of hydrogen-bond donors (Lipinski definition) is 1. The monoisotopic (exact) mass is 376 g/mol. The Balaban J connectivity index is 1.53. The maximum absolute atomic E-state index is 12.8. The lowest BCUT2D eigenvalue weighted by Gasteiger charge is -2.08. The molecule has 1 aliphatic rings. The SMILES string of the molecule is O=C(NCC1CCOC1)c1cc(COc2sccc2C(F)(F)F)on1. The van der Waals surface area contributed by atoms with Gasteiger partial charge in [0.2, 0.25) is 0 Å². The smallest absolute Gasteiger partial charge is 0.420 e. The van der Waals surface area contributed by atoms with E-state index >= 15 is 0 Å². The molecule has 1 N–H and O–H groups in total. The van der Waals surface area contributed by atoms with Crippen LogP contribution in [0, 0.1) is 5.92 Å². The Hall–Kier alpha value is -2.07. The van der Waals surface area contributed by atoms with E-state index in [-0.39, 0.29) is 29.0 Å². The minimum Gasteiger partial charge on any atom is -0.475 e. The fourth-order valence-corrected chi connectivity index (χ4v) is 3.08. The van der Waals surface area contributed by atoms with E-state index < -0.39 is 17.6 Å².